The number of carbonyl (C=O) groups is 1. The van der Waals surface area contributed by atoms with Gasteiger partial charge in [0, 0.05) is 18.6 Å². The van der Waals surface area contributed by atoms with E-state index >= 15 is 0 Å². The molecule has 1 N–H and O–H groups in total. The first-order chi connectivity index (χ1) is 10.1. The van der Waals surface area contributed by atoms with Crippen LogP contribution in [0.1, 0.15) is 32.9 Å². The molecule has 0 fully saturated rings. The third-order valence-corrected chi connectivity index (χ3v) is 9.92. The number of aliphatic carboxylic acids is 1. The third kappa shape index (κ3) is 6.10. The molecule has 0 amide bonds. The number of hydrogen-bond acceptors (Lipinski definition) is 4. The fraction of sp³-hybridized carbons (Fsp3) is 0.625. The van der Waals surface area contributed by atoms with Gasteiger partial charge in [0.15, 0.2) is 8.32 Å². The molecule has 0 saturated carbocycles. The van der Waals surface area contributed by atoms with Gasteiger partial charge in [-0.2, -0.15) is 0 Å². The van der Waals surface area contributed by atoms with Crippen LogP contribution in [0.2, 0.25) is 18.1 Å². The van der Waals surface area contributed by atoms with Gasteiger partial charge in [0.1, 0.15) is 5.25 Å². The zero-order chi connectivity index (χ0) is 16.8. The summed E-state index contributed by atoms with van der Waals surface area (Å²) < 4.78 is 6.07. The van der Waals surface area contributed by atoms with Crippen LogP contribution < -0.4 is 0 Å². The quantitative estimate of drug-likeness (QED) is 0.719. The van der Waals surface area contributed by atoms with Crippen molar-refractivity contribution in [2.45, 2.75) is 56.3 Å². The summed E-state index contributed by atoms with van der Waals surface area (Å²) in [5.41, 5.74) is 0.907. The Morgan fingerprint density at radius 3 is 2.59 bits per heavy atom. The highest BCUT2D eigenvalue weighted by molar-refractivity contribution is 7.99. The molecule has 1 rings (SSSR count). The van der Waals surface area contributed by atoms with Crippen molar-refractivity contribution in [3.05, 3.63) is 30.1 Å². The average molecular weight is 342 g/mol. The maximum absolute atomic E-state index is 11.4. The summed E-state index contributed by atoms with van der Waals surface area (Å²) in [5.74, 6) is -0.169. The van der Waals surface area contributed by atoms with E-state index in [0.717, 1.165) is 5.69 Å². The second-order valence-electron chi connectivity index (χ2n) is 6.86. The SMILES string of the molecule is CC(C)(C)[Si](C)(C)OCCC(SCc1ccccn1)C(=O)O. The molecule has 0 aliphatic carbocycles. The van der Waals surface area contributed by atoms with Crippen molar-refractivity contribution in [1.82, 2.24) is 4.98 Å². The lowest BCUT2D eigenvalue weighted by molar-refractivity contribution is -0.136. The summed E-state index contributed by atoms with van der Waals surface area (Å²) in [4.78, 5) is 15.6. The minimum atomic E-state index is -1.81. The van der Waals surface area contributed by atoms with E-state index in [1.807, 2.05) is 18.2 Å². The van der Waals surface area contributed by atoms with Gasteiger partial charge < -0.3 is 9.53 Å². The molecular weight excluding hydrogens is 314 g/mol. The summed E-state index contributed by atoms with van der Waals surface area (Å²) in [7, 11) is -1.81. The van der Waals surface area contributed by atoms with E-state index in [1.54, 1.807) is 6.20 Å². The Balaban J connectivity index is 2.47. The van der Waals surface area contributed by atoms with E-state index in [4.69, 9.17) is 4.43 Å². The van der Waals surface area contributed by atoms with Gasteiger partial charge in [-0.15, -0.1) is 11.8 Å². The van der Waals surface area contributed by atoms with Crippen LogP contribution in [0.5, 0.6) is 0 Å². The topological polar surface area (TPSA) is 59.4 Å². The van der Waals surface area contributed by atoms with Crippen molar-refractivity contribution >= 4 is 26.0 Å². The molecule has 1 aromatic rings. The Labute approximate surface area is 138 Å². The van der Waals surface area contributed by atoms with Crippen LogP contribution in [-0.2, 0) is 15.0 Å². The second kappa shape index (κ2) is 8.13. The molecule has 0 aliphatic heterocycles. The molecule has 124 valence electrons. The molecular formula is C16H27NO3SSi. The Morgan fingerprint density at radius 1 is 1.41 bits per heavy atom. The van der Waals surface area contributed by atoms with E-state index in [-0.39, 0.29) is 5.04 Å². The maximum atomic E-state index is 11.4. The number of thioether (sulfide) groups is 1. The first-order valence-electron chi connectivity index (χ1n) is 7.52. The second-order valence-corrected chi connectivity index (χ2v) is 12.9. The normalized spacial score (nSPS) is 13.9. The summed E-state index contributed by atoms with van der Waals surface area (Å²) in [5, 5.41) is 9.05. The van der Waals surface area contributed by atoms with Gasteiger partial charge in [-0.25, -0.2) is 0 Å². The van der Waals surface area contributed by atoms with E-state index in [2.05, 4.69) is 38.8 Å². The molecule has 0 radical (unpaired) electrons. The minimum Gasteiger partial charge on any atom is -0.480 e. The van der Waals surface area contributed by atoms with Crippen molar-refractivity contribution in [3.63, 3.8) is 0 Å². The lowest BCUT2D eigenvalue weighted by atomic mass is 10.2. The van der Waals surface area contributed by atoms with E-state index < -0.39 is 19.5 Å². The van der Waals surface area contributed by atoms with Crippen LogP contribution in [0, 0.1) is 0 Å². The standard InChI is InChI=1S/C16H27NO3SSi/c1-16(2,3)22(4,5)20-11-9-14(15(18)19)21-12-13-8-6-7-10-17-13/h6-8,10,14H,9,11-12H2,1-5H3,(H,18,19). The number of rotatable bonds is 8. The van der Waals surface area contributed by atoms with Crippen molar-refractivity contribution in [2.75, 3.05) is 6.61 Å². The van der Waals surface area contributed by atoms with Crippen LogP contribution in [0.3, 0.4) is 0 Å². The molecule has 0 aliphatic rings. The first kappa shape index (κ1) is 19.2. The van der Waals surface area contributed by atoms with Crippen molar-refractivity contribution < 1.29 is 14.3 Å². The first-order valence-corrected chi connectivity index (χ1v) is 11.5. The van der Waals surface area contributed by atoms with E-state index in [0.29, 0.717) is 18.8 Å². The third-order valence-electron chi connectivity index (χ3n) is 4.08. The fourth-order valence-corrected chi connectivity index (χ4v) is 3.59. The molecule has 0 saturated heterocycles. The van der Waals surface area contributed by atoms with Gasteiger partial charge in [0.2, 0.25) is 0 Å². The number of aromatic nitrogens is 1. The number of nitrogens with zero attached hydrogens (tertiary/aromatic N) is 1. The summed E-state index contributed by atoms with van der Waals surface area (Å²) in [6.45, 7) is 11.4. The molecule has 0 bridgehead atoms. The van der Waals surface area contributed by atoms with Gasteiger partial charge >= 0.3 is 5.97 Å². The van der Waals surface area contributed by atoms with Gasteiger partial charge in [0.05, 0.1) is 5.69 Å². The molecule has 6 heteroatoms. The number of pyridine rings is 1. The maximum Gasteiger partial charge on any atom is 0.316 e. The smallest absolute Gasteiger partial charge is 0.316 e. The minimum absolute atomic E-state index is 0.146. The van der Waals surface area contributed by atoms with E-state index in [1.165, 1.54) is 11.8 Å². The lowest BCUT2D eigenvalue weighted by Gasteiger charge is -2.36. The van der Waals surface area contributed by atoms with E-state index in [9.17, 15) is 9.90 Å². The Morgan fingerprint density at radius 2 is 2.09 bits per heavy atom. The van der Waals surface area contributed by atoms with Crippen molar-refractivity contribution in [3.8, 4) is 0 Å². The zero-order valence-electron chi connectivity index (χ0n) is 14.1. The highest BCUT2D eigenvalue weighted by atomic mass is 32.2. The Bertz CT molecular complexity index is 474. The number of carboxylic acid groups (broad SMARTS) is 1. The Hall–Kier alpha value is -0.853. The number of carboxylic acids is 1. The van der Waals surface area contributed by atoms with Gasteiger partial charge in [-0.3, -0.25) is 9.78 Å². The lowest BCUT2D eigenvalue weighted by Crippen LogP contribution is -2.41. The molecule has 1 atom stereocenters. The average Bonchev–Trinajstić information content (AvgIpc) is 2.42. The molecule has 0 spiro atoms. The Kier molecular flexibility index (Phi) is 7.09. The molecule has 1 aromatic heterocycles. The molecule has 22 heavy (non-hydrogen) atoms. The fourth-order valence-electron chi connectivity index (χ4n) is 1.59. The predicted molar refractivity (Wildman–Crippen MR) is 94.7 cm³/mol. The van der Waals surface area contributed by atoms with Crippen molar-refractivity contribution in [1.29, 1.82) is 0 Å². The molecule has 4 nitrogen and oxygen atoms in total. The van der Waals surface area contributed by atoms with Crippen LogP contribution in [-0.4, -0.2) is 36.2 Å². The van der Waals surface area contributed by atoms with Gasteiger partial charge in [-0.1, -0.05) is 26.8 Å². The van der Waals surface area contributed by atoms with Crippen LogP contribution in [0.4, 0.5) is 0 Å². The summed E-state index contributed by atoms with van der Waals surface area (Å²) in [6, 6.07) is 5.69. The molecule has 1 heterocycles. The van der Waals surface area contributed by atoms with Gasteiger partial charge in [-0.05, 0) is 36.7 Å². The predicted octanol–water partition coefficient (Wildman–Crippen LogP) is 4.18. The highest BCUT2D eigenvalue weighted by Gasteiger charge is 2.37. The van der Waals surface area contributed by atoms with Crippen molar-refractivity contribution in [2.24, 2.45) is 0 Å². The molecule has 0 aromatic carbocycles. The largest absolute Gasteiger partial charge is 0.480 e. The van der Waals surface area contributed by atoms with Crippen LogP contribution >= 0.6 is 11.8 Å². The number of hydrogen-bond donors (Lipinski definition) is 1. The monoisotopic (exact) mass is 341 g/mol. The molecule has 1 unspecified atom stereocenters. The van der Waals surface area contributed by atoms with Crippen LogP contribution in [0.25, 0.3) is 0 Å². The van der Waals surface area contributed by atoms with Crippen LogP contribution in [0.15, 0.2) is 24.4 Å². The highest BCUT2D eigenvalue weighted by Crippen LogP contribution is 2.36. The van der Waals surface area contributed by atoms with Gasteiger partial charge in [0.25, 0.3) is 0 Å². The summed E-state index contributed by atoms with van der Waals surface area (Å²) >= 11 is 1.41. The summed E-state index contributed by atoms with van der Waals surface area (Å²) in [6.07, 6.45) is 2.26. The zero-order valence-corrected chi connectivity index (χ0v) is 15.9.